The molecule has 27 heavy (non-hydrogen) atoms. The molecule has 0 aliphatic heterocycles. The van der Waals surface area contributed by atoms with Gasteiger partial charge >= 0.3 is 0 Å². The van der Waals surface area contributed by atoms with E-state index in [1.807, 2.05) is 0 Å². The van der Waals surface area contributed by atoms with Crippen LogP contribution < -0.4 is 10.1 Å². The van der Waals surface area contributed by atoms with Crippen molar-refractivity contribution in [2.45, 2.75) is 58.3 Å². The Bertz CT molecular complexity index is 704. The van der Waals surface area contributed by atoms with Crippen molar-refractivity contribution in [2.75, 3.05) is 13.7 Å². The van der Waals surface area contributed by atoms with Crippen LogP contribution in [-0.2, 0) is 11.2 Å². The minimum atomic E-state index is 0.00104. The van der Waals surface area contributed by atoms with Gasteiger partial charge in [0, 0.05) is 17.7 Å². The predicted octanol–water partition coefficient (Wildman–Crippen LogP) is 4.16. The van der Waals surface area contributed by atoms with E-state index in [1.54, 1.807) is 25.3 Å². The Kier molecular flexibility index (Phi) is 5.00. The number of rotatable bonds is 7. The molecule has 146 valence electrons. The average Bonchev–Trinajstić information content (AvgIpc) is 2.60. The number of methoxy groups -OCH3 is 1. The molecule has 1 N–H and O–H groups in total. The largest absolute Gasteiger partial charge is 0.496 e. The molecule has 1 amide bonds. The zero-order chi connectivity index (χ0) is 19.0. The zero-order valence-electron chi connectivity index (χ0n) is 16.6. The number of nitrogens with one attached hydrogen (secondary N) is 1. The fraction of sp³-hybridized carbons (Fsp3) is 0.652. The van der Waals surface area contributed by atoms with E-state index in [1.165, 1.54) is 45.4 Å². The number of Topliss-reactive ketones (excluding diaryl/α,β-unsaturated/α-hetero) is 1. The summed E-state index contributed by atoms with van der Waals surface area (Å²) in [6.45, 7) is 2.30. The lowest BCUT2D eigenvalue weighted by Crippen LogP contribution is -2.47. The fourth-order valence-electron chi connectivity index (χ4n) is 6.43. The number of amides is 1. The van der Waals surface area contributed by atoms with Crippen molar-refractivity contribution in [3.05, 3.63) is 29.3 Å². The van der Waals surface area contributed by atoms with Crippen LogP contribution in [0, 0.1) is 23.2 Å². The van der Waals surface area contributed by atoms with E-state index >= 15 is 0 Å². The predicted molar refractivity (Wildman–Crippen MR) is 105 cm³/mol. The number of carbonyl (C=O) groups excluding carboxylic acids is 2. The number of ketones is 1. The van der Waals surface area contributed by atoms with E-state index in [-0.39, 0.29) is 18.1 Å². The van der Waals surface area contributed by atoms with Crippen LogP contribution >= 0.6 is 0 Å². The van der Waals surface area contributed by atoms with Gasteiger partial charge < -0.3 is 10.1 Å². The van der Waals surface area contributed by atoms with Crippen LogP contribution in [0.2, 0.25) is 0 Å². The van der Waals surface area contributed by atoms with Crippen molar-refractivity contribution in [3.63, 3.8) is 0 Å². The number of hydrogen-bond donors (Lipinski definition) is 1. The third-order valence-corrected chi connectivity index (χ3v) is 7.18. The third kappa shape index (κ3) is 3.90. The molecule has 0 aromatic heterocycles. The molecule has 5 rings (SSSR count). The first-order valence-electron chi connectivity index (χ1n) is 10.4. The van der Waals surface area contributed by atoms with Gasteiger partial charge in [0.1, 0.15) is 5.75 Å². The molecule has 0 radical (unpaired) electrons. The van der Waals surface area contributed by atoms with Crippen LogP contribution in [0.15, 0.2) is 18.2 Å². The molecule has 0 saturated heterocycles. The minimum Gasteiger partial charge on any atom is -0.496 e. The highest BCUT2D eigenvalue weighted by Crippen LogP contribution is 2.61. The first kappa shape index (κ1) is 18.5. The topological polar surface area (TPSA) is 55.4 Å². The van der Waals surface area contributed by atoms with Gasteiger partial charge in [-0.15, -0.1) is 0 Å². The Labute approximate surface area is 162 Å². The van der Waals surface area contributed by atoms with Crippen LogP contribution in [0.5, 0.6) is 5.75 Å². The Balaban J connectivity index is 1.33. The van der Waals surface area contributed by atoms with Crippen molar-refractivity contribution in [1.82, 2.24) is 5.32 Å². The lowest BCUT2D eigenvalue weighted by molar-refractivity contribution is -0.120. The SMILES string of the molecule is COc1ccc(C(C)=O)cc1CC(=O)NCCC12CC3CC(CC(C3)C1)C2. The van der Waals surface area contributed by atoms with Crippen LogP contribution in [0.1, 0.15) is 67.8 Å². The van der Waals surface area contributed by atoms with Gasteiger partial charge in [-0.2, -0.15) is 0 Å². The maximum Gasteiger partial charge on any atom is 0.224 e. The molecule has 4 nitrogen and oxygen atoms in total. The molecular weight excluding hydrogens is 338 g/mol. The molecule has 4 saturated carbocycles. The van der Waals surface area contributed by atoms with Gasteiger partial charge in [-0.25, -0.2) is 0 Å². The Morgan fingerprint density at radius 3 is 2.30 bits per heavy atom. The monoisotopic (exact) mass is 369 g/mol. The minimum absolute atomic E-state index is 0.00104. The molecule has 0 spiro atoms. The second-order valence-corrected chi connectivity index (χ2v) is 9.28. The van der Waals surface area contributed by atoms with E-state index in [2.05, 4.69) is 5.32 Å². The lowest BCUT2D eigenvalue weighted by atomic mass is 9.49. The van der Waals surface area contributed by atoms with Crippen molar-refractivity contribution >= 4 is 11.7 Å². The van der Waals surface area contributed by atoms with Crippen LogP contribution in [0.25, 0.3) is 0 Å². The number of hydrogen-bond acceptors (Lipinski definition) is 3. The second-order valence-electron chi connectivity index (χ2n) is 9.28. The normalized spacial score (nSPS) is 31.0. The highest BCUT2D eigenvalue weighted by atomic mass is 16.5. The van der Waals surface area contributed by atoms with E-state index in [9.17, 15) is 9.59 Å². The van der Waals surface area contributed by atoms with Gasteiger partial charge in [-0.3, -0.25) is 9.59 Å². The van der Waals surface area contributed by atoms with Crippen molar-refractivity contribution in [1.29, 1.82) is 0 Å². The van der Waals surface area contributed by atoms with Crippen molar-refractivity contribution < 1.29 is 14.3 Å². The Morgan fingerprint density at radius 2 is 1.74 bits per heavy atom. The van der Waals surface area contributed by atoms with Crippen LogP contribution in [0.3, 0.4) is 0 Å². The first-order valence-corrected chi connectivity index (χ1v) is 10.4. The maximum atomic E-state index is 12.5. The van der Waals surface area contributed by atoms with Crippen molar-refractivity contribution in [2.24, 2.45) is 23.2 Å². The fourth-order valence-corrected chi connectivity index (χ4v) is 6.43. The van der Waals surface area contributed by atoms with Crippen LogP contribution in [0.4, 0.5) is 0 Å². The summed E-state index contributed by atoms with van der Waals surface area (Å²) < 4.78 is 5.36. The summed E-state index contributed by atoms with van der Waals surface area (Å²) >= 11 is 0. The molecule has 0 unspecified atom stereocenters. The van der Waals surface area contributed by atoms with Gasteiger partial charge in [0.2, 0.25) is 5.91 Å². The lowest BCUT2D eigenvalue weighted by Gasteiger charge is -2.57. The van der Waals surface area contributed by atoms with E-state index in [0.29, 0.717) is 16.7 Å². The molecule has 0 heterocycles. The van der Waals surface area contributed by atoms with Crippen LogP contribution in [-0.4, -0.2) is 25.3 Å². The van der Waals surface area contributed by atoms with Crippen molar-refractivity contribution in [3.8, 4) is 5.75 Å². The summed E-state index contributed by atoms with van der Waals surface area (Å²) in [5.41, 5.74) is 1.89. The molecule has 4 bridgehead atoms. The first-order chi connectivity index (χ1) is 13.0. The van der Waals surface area contributed by atoms with Gasteiger partial charge in [0.15, 0.2) is 5.78 Å². The molecule has 4 fully saturated rings. The zero-order valence-corrected chi connectivity index (χ0v) is 16.6. The summed E-state index contributed by atoms with van der Waals surface area (Å²) in [7, 11) is 1.59. The van der Waals surface area contributed by atoms with Gasteiger partial charge in [-0.05, 0) is 93.2 Å². The number of ether oxygens (including phenoxy) is 1. The Morgan fingerprint density at radius 1 is 1.11 bits per heavy atom. The summed E-state index contributed by atoms with van der Waals surface area (Å²) in [6, 6.07) is 5.30. The molecule has 1 aromatic rings. The highest BCUT2D eigenvalue weighted by Gasteiger charge is 2.50. The maximum absolute atomic E-state index is 12.5. The summed E-state index contributed by atoms with van der Waals surface area (Å²) in [6.07, 6.45) is 9.88. The molecule has 4 aliphatic rings. The summed E-state index contributed by atoms with van der Waals surface area (Å²) in [5, 5.41) is 3.13. The second kappa shape index (κ2) is 7.29. The quantitative estimate of drug-likeness (QED) is 0.734. The molecular formula is C23H31NO3. The molecule has 4 aliphatic carbocycles. The highest BCUT2D eigenvalue weighted by molar-refractivity contribution is 5.94. The molecule has 0 atom stereocenters. The van der Waals surface area contributed by atoms with Gasteiger partial charge in [0.05, 0.1) is 13.5 Å². The van der Waals surface area contributed by atoms with Gasteiger partial charge in [-0.1, -0.05) is 0 Å². The van der Waals surface area contributed by atoms with E-state index < -0.39 is 0 Å². The Hall–Kier alpha value is -1.84. The van der Waals surface area contributed by atoms with E-state index in [0.717, 1.165) is 36.3 Å². The standard InChI is InChI=1S/C23H31NO3/c1-15(25)19-3-4-21(27-2)20(10-19)11-22(26)24-6-5-23-12-16-7-17(13-23)9-18(8-16)14-23/h3-4,10,16-18H,5-9,11-14H2,1-2H3,(H,24,26). The van der Waals surface area contributed by atoms with Gasteiger partial charge in [0.25, 0.3) is 0 Å². The van der Waals surface area contributed by atoms with E-state index in [4.69, 9.17) is 4.74 Å². The third-order valence-electron chi connectivity index (χ3n) is 7.18. The summed E-state index contributed by atoms with van der Waals surface area (Å²) in [5.74, 6) is 3.53. The number of benzene rings is 1. The molecule has 4 heteroatoms. The smallest absolute Gasteiger partial charge is 0.224 e. The average molecular weight is 370 g/mol. The molecule has 1 aromatic carbocycles. The number of carbonyl (C=O) groups is 2. The summed E-state index contributed by atoms with van der Waals surface area (Å²) in [4.78, 5) is 24.1.